The molecule has 0 saturated carbocycles. The molecule has 1 saturated heterocycles. The molecule has 2 heterocycles. The van der Waals surface area contributed by atoms with Crippen molar-refractivity contribution in [3.8, 4) is 0 Å². The lowest BCUT2D eigenvalue weighted by molar-refractivity contribution is -0.0265. The van der Waals surface area contributed by atoms with Crippen molar-refractivity contribution in [1.82, 2.24) is 10.6 Å². The number of ether oxygens (including phenoxy) is 1. The summed E-state index contributed by atoms with van der Waals surface area (Å²) < 4.78 is 6.11. The molecule has 1 aromatic heterocycles. The molecule has 148 valence electrons. The summed E-state index contributed by atoms with van der Waals surface area (Å²) in [6.07, 6.45) is 3.49. The largest absolute Gasteiger partial charge is 0.373 e. The van der Waals surface area contributed by atoms with Crippen molar-refractivity contribution >= 4 is 41.3 Å². The van der Waals surface area contributed by atoms with Gasteiger partial charge in [0.15, 0.2) is 5.96 Å². The average Bonchev–Trinajstić information content (AvgIpc) is 3.19. The van der Waals surface area contributed by atoms with E-state index in [1.165, 1.54) is 22.4 Å². The molecule has 0 aliphatic carbocycles. The second kappa shape index (κ2) is 11.7. The second-order valence-corrected chi connectivity index (χ2v) is 7.85. The maximum atomic E-state index is 6.11. The third-order valence-corrected chi connectivity index (χ3v) is 5.79. The van der Waals surface area contributed by atoms with E-state index in [-0.39, 0.29) is 30.1 Å². The van der Waals surface area contributed by atoms with E-state index in [0.717, 1.165) is 38.5 Å². The Morgan fingerprint density at radius 1 is 1.22 bits per heavy atom. The number of nitrogens with zero attached hydrogens (tertiary/aromatic N) is 1. The van der Waals surface area contributed by atoms with Crippen LogP contribution in [0, 0.1) is 12.8 Å². The van der Waals surface area contributed by atoms with Gasteiger partial charge in [-0.3, -0.25) is 4.99 Å². The quantitative estimate of drug-likeness (QED) is 0.348. The summed E-state index contributed by atoms with van der Waals surface area (Å²) in [6, 6.07) is 13.0. The lowest BCUT2D eigenvalue weighted by atomic mass is 9.89. The van der Waals surface area contributed by atoms with E-state index in [9.17, 15) is 0 Å². The lowest BCUT2D eigenvalue weighted by Crippen LogP contribution is -2.42. The topological polar surface area (TPSA) is 45.7 Å². The van der Waals surface area contributed by atoms with E-state index in [2.05, 4.69) is 64.3 Å². The van der Waals surface area contributed by atoms with E-state index >= 15 is 0 Å². The first kappa shape index (κ1) is 22.2. The Bertz CT molecular complexity index is 688. The van der Waals surface area contributed by atoms with Crippen LogP contribution >= 0.6 is 35.3 Å². The number of guanidine groups is 1. The monoisotopic (exact) mass is 499 g/mol. The maximum absolute atomic E-state index is 6.11. The van der Waals surface area contributed by atoms with Crippen LogP contribution in [0.3, 0.4) is 0 Å². The number of hydrogen-bond acceptors (Lipinski definition) is 3. The zero-order valence-electron chi connectivity index (χ0n) is 16.1. The third-order valence-electron chi connectivity index (χ3n) is 4.85. The maximum Gasteiger partial charge on any atom is 0.191 e. The second-order valence-electron chi connectivity index (χ2n) is 6.81. The first-order chi connectivity index (χ1) is 12.8. The van der Waals surface area contributed by atoms with Crippen LogP contribution in [0.25, 0.3) is 0 Å². The van der Waals surface area contributed by atoms with Crippen molar-refractivity contribution in [2.45, 2.75) is 32.3 Å². The van der Waals surface area contributed by atoms with Crippen LogP contribution in [0.15, 0.2) is 46.8 Å². The van der Waals surface area contributed by atoms with Gasteiger partial charge in [0.1, 0.15) is 0 Å². The van der Waals surface area contributed by atoms with Crippen LogP contribution in [-0.4, -0.2) is 32.7 Å². The van der Waals surface area contributed by atoms with Gasteiger partial charge in [-0.1, -0.05) is 35.9 Å². The van der Waals surface area contributed by atoms with Crippen LogP contribution in [0.1, 0.15) is 34.9 Å². The fraction of sp³-hybridized carbons (Fsp3) is 0.476. The molecule has 1 aliphatic heterocycles. The molecule has 4 nitrogen and oxygen atoms in total. The van der Waals surface area contributed by atoms with Crippen molar-refractivity contribution in [2.75, 3.05) is 26.7 Å². The predicted molar refractivity (Wildman–Crippen MR) is 125 cm³/mol. The molecule has 6 heteroatoms. The smallest absolute Gasteiger partial charge is 0.191 e. The number of nitrogens with one attached hydrogen (secondary N) is 2. The van der Waals surface area contributed by atoms with E-state index < -0.39 is 0 Å². The van der Waals surface area contributed by atoms with Gasteiger partial charge in [-0.2, -0.15) is 0 Å². The van der Waals surface area contributed by atoms with Crippen molar-refractivity contribution in [2.24, 2.45) is 10.9 Å². The minimum Gasteiger partial charge on any atom is -0.373 e. The molecule has 3 rings (SSSR count). The van der Waals surface area contributed by atoms with E-state index in [0.29, 0.717) is 5.92 Å². The van der Waals surface area contributed by atoms with Crippen molar-refractivity contribution in [1.29, 1.82) is 0 Å². The first-order valence-electron chi connectivity index (χ1n) is 9.41. The van der Waals surface area contributed by atoms with Gasteiger partial charge in [-0.25, -0.2) is 0 Å². The number of halogens is 1. The van der Waals surface area contributed by atoms with Gasteiger partial charge >= 0.3 is 0 Å². The van der Waals surface area contributed by atoms with Gasteiger partial charge in [0.05, 0.1) is 6.10 Å². The highest BCUT2D eigenvalue weighted by Gasteiger charge is 2.27. The van der Waals surface area contributed by atoms with Crippen LogP contribution in [0.4, 0.5) is 0 Å². The fourth-order valence-electron chi connectivity index (χ4n) is 3.38. The number of thiophene rings is 1. The highest BCUT2D eigenvalue weighted by atomic mass is 127. The van der Waals surface area contributed by atoms with Crippen LogP contribution in [0.5, 0.6) is 0 Å². The Hall–Kier alpha value is -1.12. The average molecular weight is 499 g/mol. The summed E-state index contributed by atoms with van der Waals surface area (Å²) in [5, 5.41) is 9.03. The highest BCUT2D eigenvalue weighted by Crippen LogP contribution is 2.33. The van der Waals surface area contributed by atoms with Gasteiger partial charge in [0, 0.05) is 37.5 Å². The minimum absolute atomic E-state index is 0. The molecular weight excluding hydrogens is 469 g/mol. The summed E-state index contributed by atoms with van der Waals surface area (Å²) in [4.78, 5) is 5.75. The molecule has 0 amide bonds. The molecule has 1 fully saturated rings. The summed E-state index contributed by atoms with van der Waals surface area (Å²) in [5.74, 6) is 1.33. The summed E-state index contributed by atoms with van der Waals surface area (Å²) >= 11 is 1.80. The molecule has 1 aromatic carbocycles. The summed E-state index contributed by atoms with van der Waals surface area (Å²) in [6.45, 7) is 4.74. The Morgan fingerprint density at radius 2 is 2.04 bits per heavy atom. The van der Waals surface area contributed by atoms with Crippen LogP contribution in [0.2, 0.25) is 0 Å². The number of aliphatic imine (C=N–C) groups is 1. The highest BCUT2D eigenvalue weighted by molar-refractivity contribution is 14.0. The predicted octanol–water partition coefficient (Wildman–Crippen LogP) is 4.55. The normalized spacial score (nSPS) is 20.0. The van der Waals surface area contributed by atoms with E-state index in [4.69, 9.17) is 4.74 Å². The Kier molecular flexibility index (Phi) is 9.58. The lowest BCUT2D eigenvalue weighted by Gasteiger charge is -2.32. The zero-order valence-corrected chi connectivity index (χ0v) is 19.3. The van der Waals surface area contributed by atoms with Gasteiger partial charge in [-0.05, 0) is 43.2 Å². The van der Waals surface area contributed by atoms with Gasteiger partial charge < -0.3 is 15.4 Å². The van der Waals surface area contributed by atoms with Crippen LogP contribution < -0.4 is 10.6 Å². The van der Waals surface area contributed by atoms with Crippen molar-refractivity contribution in [3.63, 3.8) is 0 Å². The Balaban J connectivity index is 0.00000261. The fourth-order valence-corrected chi connectivity index (χ4v) is 4.09. The van der Waals surface area contributed by atoms with Crippen molar-refractivity contribution in [3.05, 3.63) is 57.8 Å². The number of benzene rings is 1. The molecule has 2 atom stereocenters. The Morgan fingerprint density at radius 3 is 2.74 bits per heavy atom. The molecular formula is C21H30IN3OS. The van der Waals surface area contributed by atoms with Gasteiger partial charge in [0.25, 0.3) is 0 Å². The molecule has 0 spiro atoms. The molecule has 2 unspecified atom stereocenters. The number of rotatable bonds is 6. The first-order valence-corrected chi connectivity index (χ1v) is 10.3. The molecule has 0 radical (unpaired) electrons. The molecule has 2 aromatic rings. The van der Waals surface area contributed by atoms with Crippen molar-refractivity contribution < 1.29 is 4.74 Å². The summed E-state index contributed by atoms with van der Waals surface area (Å²) in [7, 11) is 1.83. The SMILES string of the molecule is CN=C(NCCc1cccs1)NCC1CCCOC1c1ccc(C)cc1.I. The van der Waals surface area contributed by atoms with Crippen LogP contribution in [-0.2, 0) is 11.2 Å². The van der Waals surface area contributed by atoms with E-state index in [1.54, 1.807) is 11.3 Å². The number of hydrogen-bond donors (Lipinski definition) is 2. The molecule has 1 aliphatic rings. The van der Waals surface area contributed by atoms with E-state index in [1.807, 2.05) is 7.05 Å². The number of aryl methyl sites for hydroxylation is 1. The zero-order chi connectivity index (χ0) is 18.2. The minimum atomic E-state index is 0. The van der Waals surface area contributed by atoms with Gasteiger partial charge in [-0.15, -0.1) is 35.3 Å². The Labute approximate surface area is 183 Å². The molecule has 27 heavy (non-hydrogen) atoms. The molecule has 2 N–H and O–H groups in total. The standard InChI is InChI=1S/C21H29N3OS.HI/c1-16-7-9-17(10-8-16)20-18(5-3-13-25-20)15-24-21(22-2)23-12-11-19-6-4-14-26-19;/h4,6-10,14,18,20H,3,5,11-13,15H2,1-2H3,(H2,22,23,24);1H. The van der Waals surface area contributed by atoms with Gasteiger partial charge in [0.2, 0.25) is 0 Å². The third kappa shape index (κ3) is 6.76. The molecule has 0 bridgehead atoms. The summed E-state index contributed by atoms with van der Waals surface area (Å²) in [5.41, 5.74) is 2.57.